The Morgan fingerprint density at radius 1 is 1.29 bits per heavy atom. The molecule has 0 aliphatic carbocycles. The lowest BCUT2D eigenvalue weighted by Crippen LogP contribution is -2.14. The Kier molecular flexibility index (Phi) is 6.67. The lowest BCUT2D eigenvalue weighted by Gasteiger charge is -2.04. The number of aliphatic carboxylic acids is 1. The molecule has 0 atom stereocenters. The van der Waals surface area contributed by atoms with Gasteiger partial charge in [-0.3, -0.25) is 4.79 Å². The van der Waals surface area contributed by atoms with Crippen LogP contribution in [0.5, 0.6) is 0 Å². The first kappa shape index (κ1) is 14.0. The number of nitrogens with one attached hydrogen (secondary N) is 1. The van der Waals surface area contributed by atoms with Crippen molar-refractivity contribution in [3.8, 4) is 0 Å². The van der Waals surface area contributed by atoms with Crippen LogP contribution in [0.15, 0.2) is 24.3 Å². The molecule has 0 amide bonds. The third-order valence-corrected chi connectivity index (χ3v) is 2.70. The molecule has 4 heteroatoms. The standard InChI is InChI=1S/C13H18ClNO2/c14-12-6-4-5-11(9-12)10-15-8-3-1-2-7-13(16)17/h4-6,9,15H,1-3,7-8,10H2,(H,16,17). The molecule has 0 saturated heterocycles. The molecule has 1 aromatic carbocycles. The first-order valence-electron chi connectivity index (χ1n) is 5.85. The van der Waals surface area contributed by atoms with Crippen molar-refractivity contribution in [3.63, 3.8) is 0 Å². The summed E-state index contributed by atoms with van der Waals surface area (Å²) in [6, 6.07) is 7.77. The second kappa shape index (κ2) is 8.09. The SMILES string of the molecule is O=C(O)CCCCCNCc1cccc(Cl)c1. The average Bonchev–Trinajstić information content (AvgIpc) is 2.27. The minimum absolute atomic E-state index is 0.272. The van der Waals surface area contributed by atoms with Gasteiger partial charge >= 0.3 is 5.97 Å². The van der Waals surface area contributed by atoms with Crippen LogP contribution in [-0.2, 0) is 11.3 Å². The molecular formula is C13H18ClNO2. The number of halogens is 1. The highest BCUT2D eigenvalue weighted by Gasteiger charge is 1.97. The van der Waals surface area contributed by atoms with E-state index in [0.29, 0.717) is 0 Å². The predicted molar refractivity (Wildman–Crippen MR) is 69.3 cm³/mol. The number of benzene rings is 1. The van der Waals surface area contributed by atoms with E-state index < -0.39 is 5.97 Å². The van der Waals surface area contributed by atoms with E-state index >= 15 is 0 Å². The van der Waals surface area contributed by atoms with Crippen molar-refractivity contribution in [2.75, 3.05) is 6.54 Å². The third-order valence-electron chi connectivity index (χ3n) is 2.46. The molecule has 0 heterocycles. The molecule has 94 valence electrons. The van der Waals surface area contributed by atoms with Gasteiger partial charge in [0.15, 0.2) is 0 Å². The van der Waals surface area contributed by atoms with Gasteiger partial charge in [-0.15, -0.1) is 0 Å². The number of hydrogen-bond acceptors (Lipinski definition) is 2. The Balaban J connectivity index is 2.03. The van der Waals surface area contributed by atoms with Crippen LogP contribution in [0.25, 0.3) is 0 Å². The Hall–Kier alpha value is -1.06. The molecule has 0 bridgehead atoms. The number of carboxylic acid groups (broad SMARTS) is 1. The summed E-state index contributed by atoms with van der Waals surface area (Å²) in [6.07, 6.45) is 2.99. The van der Waals surface area contributed by atoms with Crippen molar-refractivity contribution in [2.45, 2.75) is 32.2 Å². The van der Waals surface area contributed by atoms with Crippen molar-refractivity contribution in [1.29, 1.82) is 0 Å². The number of unbranched alkanes of at least 4 members (excludes halogenated alkanes) is 2. The normalized spacial score (nSPS) is 10.4. The van der Waals surface area contributed by atoms with Gasteiger partial charge in [0, 0.05) is 18.0 Å². The highest BCUT2D eigenvalue weighted by molar-refractivity contribution is 6.30. The van der Waals surface area contributed by atoms with Gasteiger partial charge < -0.3 is 10.4 Å². The molecule has 0 radical (unpaired) electrons. The Bertz CT molecular complexity index is 355. The van der Waals surface area contributed by atoms with Gasteiger partial charge in [0.25, 0.3) is 0 Å². The van der Waals surface area contributed by atoms with Crippen LogP contribution in [0.2, 0.25) is 5.02 Å². The predicted octanol–water partition coefficient (Wildman–Crippen LogP) is 3.07. The fourth-order valence-electron chi connectivity index (χ4n) is 1.58. The van der Waals surface area contributed by atoms with E-state index in [-0.39, 0.29) is 6.42 Å². The minimum Gasteiger partial charge on any atom is -0.481 e. The van der Waals surface area contributed by atoms with Gasteiger partial charge in [0.2, 0.25) is 0 Å². The first-order valence-corrected chi connectivity index (χ1v) is 6.23. The molecule has 0 aromatic heterocycles. The van der Waals surface area contributed by atoms with Crippen molar-refractivity contribution in [3.05, 3.63) is 34.9 Å². The van der Waals surface area contributed by atoms with Gasteiger partial charge in [-0.2, -0.15) is 0 Å². The Morgan fingerprint density at radius 3 is 2.82 bits per heavy atom. The fourth-order valence-corrected chi connectivity index (χ4v) is 1.80. The van der Waals surface area contributed by atoms with E-state index in [1.165, 1.54) is 5.56 Å². The van der Waals surface area contributed by atoms with Crippen LogP contribution in [0.1, 0.15) is 31.2 Å². The summed E-state index contributed by atoms with van der Waals surface area (Å²) in [6.45, 7) is 1.71. The van der Waals surface area contributed by atoms with Crippen LogP contribution in [0.4, 0.5) is 0 Å². The topological polar surface area (TPSA) is 49.3 Å². The van der Waals surface area contributed by atoms with Gasteiger partial charge in [0.05, 0.1) is 0 Å². The van der Waals surface area contributed by atoms with Crippen molar-refractivity contribution >= 4 is 17.6 Å². The molecule has 0 fully saturated rings. The summed E-state index contributed by atoms with van der Waals surface area (Å²) in [7, 11) is 0. The number of carbonyl (C=O) groups is 1. The van der Waals surface area contributed by atoms with Crippen LogP contribution in [0, 0.1) is 0 Å². The van der Waals surface area contributed by atoms with Crippen LogP contribution in [0.3, 0.4) is 0 Å². The number of hydrogen-bond donors (Lipinski definition) is 2. The molecule has 0 aliphatic heterocycles. The van der Waals surface area contributed by atoms with E-state index in [0.717, 1.165) is 37.4 Å². The molecule has 1 rings (SSSR count). The smallest absolute Gasteiger partial charge is 0.303 e. The van der Waals surface area contributed by atoms with E-state index in [1.54, 1.807) is 0 Å². The van der Waals surface area contributed by atoms with Crippen LogP contribution < -0.4 is 5.32 Å². The minimum atomic E-state index is -0.711. The Labute approximate surface area is 107 Å². The summed E-state index contributed by atoms with van der Waals surface area (Å²) in [5, 5.41) is 12.5. The summed E-state index contributed by atoms with van der Waals surface area (Å²) >= 11 is 5.87. The molecular weight excluding hydrogens is 238 g/mol. The average molecular weight is 256 g/mol. The van der Waals surface area contributed by atoms with Crippen molar-refractivity contribution in [1.82, 2.24) is 5.32 Å². The van der Waals surface area contributed by atoms with Crippen LogP contribution in [-0.4, -0.2) is 17.6 Å². The highest BCUT2D eigenvalue weighted by atomic mass is 35.5. The molecule has 0 unspecified atom stereocenters. The largest absolute Gasteiger partial charge is 0.481 e. The van der Waals surface area contributed by atoms with Gasteiger partial charge in [-0.05, 0) is 37.1 Å². The zero-order chi connectivity index (χ0) is 12.5. The van der Waals surface area contributed by atoms with Crippen molar-refractivity contribution < 1.29 is 9.90 Å². The van der Waals surface area contributed by atoms with E-state index in [4.69, 9.17) is 16.7 Å². The second-order valence-corrected chi connectivity index (χ2v) is 4.45. The number of carboxylic acids is 1. The summed E-state index contributed by atoms with van der Waals surface area (Å²) < 4.78 is 0. The van der Waals surface area contributed by atoms with E-state index in [9.17, 15) is 4.79 Å². The lowest BCUT2D eigenvalue weighted by atomic mass is 10.2. The fraction of sp³-hybridized carbons (Fsp3) is 0.462. The van der Waals surface area contributed by atoms with Crippen molar-refractivity contribution in [2.24, 2.45) is 0 Å². The van der Waals surface area contributed by atoms with Gasteiger partial charge in [0.1, 0.15) is 0 Å². The molecule has 1 aromatic rings. The molecule has 2 N–H and O–H groups in total. The molecule has 0 spiro atoms. The van der Waals surface area contributed by atoms with Gasteiger partial charge in [-0.1, -0.05) is 30.2 Å². The summed E-state index contributed by atoms with van der Waals surface area (Å²) in [4.78, 5) is 10.3. The zero-order valence-electron chi connectivity index (χ0n) is 9.79. The quantitative estimate of drug-likeness (QED) is 0.702. The monoisotopic (exact) mass is 255 g/mol. The molecule has 0 aliphatic rings. The lowest BCUT2D eigenvalue weighted by molar-refractivity contribution is -0.137. The third kappa shape index (κ3) is 6.97. The molecule has 0 saturated carbocycles. The molecule has 17 heavy (non-hydrogen) atoms. The summed E-state index contributed by atoms with van der Waals surface area (Å²) in [5.74, 6) is -0.711. The van der Waals surface area contributed by atoms with E-state index in [1.807, 2.05) is 24.3 Å². The zero-order valence-corrected chi connectivity index (χ0v) is 10.5. The first-order chi connectivity index (χ1) is 8.18. The maximum Gasteiger partial charge on any atom is 0.303 e. The maximum absolute atomic E-state index is 10.3. The molecule has 3 nitrogen and oxygen atoms in total. The number of rotatable bonds is 8. The van der Waals surface area contributed by atoms with E-state index in [2.05, 4.69) is 5.32 Å². The maximum atomic E-state index is 10.3. The highest BCUT2D eigenvalue weighted by Crippen LogP contribution is 2.10. The van der Waals surface area contributed by atoms with Gasteiger partial charge in [-0.25, -0.2) is 0 Å². The second-order valence-electron chi connectivity index (χ2n) is 4.01. The Morgan fingerprint density at radius 2 is 2.12 bits per heavy atom. The summed E-state index contributed by atoms with van der Waals surface area (Å²) in [5.41, 5.74) is 1.17. The van der Waals surface area contributed by atoms with Crippen LogP contribution >= 0.6 is 11.6 Å².